The minimum absolute atomic E-state index is 0.144. The number of ether oxygens (including phenoxy) is 1. The standard InChI is InChI=1S/C16H14N2O3S/c1-11(21-15(19)8-13-5-6-22-10-13)16(20)18-14-4-2-3-12(7-14)9-17/h2-7,10-11H,8H2,1H3,(H,18,20)/t11-/m1/s1. The van der Waals surface area contributed by atoms with E-state index in [2.05, 4.69) is 5.32 Å². The van der Waals surface area contributed by atoms with Gasteiger partial charge < -0.3 is 10.1 Å². The van der Waals surface area contributed by atoms with Crippen LogP contribution in [0.1, 0.15) is 18.1 Å². The Morgan fingerprint density at radius 3 is 2.91 bits per heavy atom. The number of amides is 1. The largest absolute Gasteiger partial charge is 0.452 e. The number of hydrogen-bond acceptors (Lipinski definition) is 5. The van der Waals surface area contributed by atoms with Crippen molar-refractivity contribution in [3.63, 3.8) is 0 Å². The molecule has 6 heteroatoms. The number of thiophene rings is 1. The zero-order valence-corrected chi connectivity index (χ0v) is 12.7. The molecule has 0 aliphatic carbocycles. The zero-order valence-electron chi connectivity index (χ0n) is 11.9. The summed E-state index contributed by atoms with van der Waals surface area (Å²) in [7, 11) is 0. The molecule has 0 spiro atoms. The van der Waals surface area contributed by atoms with E-state index in [1.807, 2.05) is 22.9 Å². The van der Waals surface area contributed by atoms with Crippen molar-refractivity contribution in [3.05, 3.63) is 52.2 Å². The van der Waals surface area contributed by atoms with E-state index >= 15 is 0 Å². The molecule has 5 nitrogen and oxygen atoms in total. The highest BCUT2D eigenvalue weighted by Crippen LogP contribution is 2.11. The van der Waals surface area contributed by atoms with Crippen molar-refractivity contribution in [1.82, 2.24) is 0 Å². The highest BCUT2D eigenvalue weighted by Gasteiger charge is 2.18. The van der Waals surface area contributed by atoms with Gasteiger partial charge in [0.15, 0.2) is 6.10 Å². The van der Waals surface area contributed by atoms with Gasteiger partial charge >= 0.3 is 5.97 Å². The van der Waals surface area contributed by atoms with Gasteiger partial charge in [-0.25, -0.2) is 0 Å². The fourth-order valence-corrected chi connectivity index (χ4v) is 2.43. The van der Waals surface area contributed by atoms with E-state index in [9.17, 15) is 9.59 Å². The van der Waals surface area contributed by atoms with Crippen LogP contribution in [0, 0.1) is 11.3 Å². The van der Waals surface area contributed by atoms with Crippen molar-refractivity contribution < 1.29 is 14.3 Å². The zero-order chi connectivity index (χ0) is 15.9. The Morgan fingerprint density at radius 2 is 2.23 bits per heavy atom. The number of nitrogens with one attached hydrogen (secondary N) is 1. The Kier molecular flexibility index (Phi) is 5.28. The average molecular weight is 314 g/mol. The second-order valence-corrected chi connectivity index (χ2v) is 5.40. The lowest BCUT2D eigenvalue weighted by atomic mass is 10.2. The van der Waals surface area contributed by atoms with Gasteiger partial charge in [0.1, 0.15) is 0 Å². The number of benzene rings is 1. The van der Waals surface area contributed by atoms with Gasteiger partial charge in [-0.05, 0) is 47.5 Å². The van der Waals surface area contributed by atoms with Crippen LogP contribution >= 0.6 is 11.3 Å². The van der Waals surface area contributed by atoms with Crippen LogP contribution in [0.15, 0.2) is 41.1 Å². The highest BCUT2D eigenvalue weighted by atomic mass is 32.1. The Bertz CT molecular complexity index is 704. The van der Waals surface area contributed by atoms with Crippen LogP contribution in [0.5, 0.6) is 0 Å². The first kappa shape index (κ1) is 15.7. The molecule has 112 valence electrons. The van der Waals surface area contributed by atoms with Crippen LogP contribution in [0.4, 0.5) is 5.69 Å². The molecule has 0 bridgehead atoms. The van der Waals surface area contributed by atoms with Gasteiger partial charge in [0.05, 0.1) is 18.1 Å². The highest BCUT2D eigenvalue weighted by molar-refractivity contribution is 7.07. The van der Waals surface area contributed by atoms with E-state index in [4.69, 9.17) is 10.00 Å². The van der Waals surface area contributed by atoms with Gasteiger partial charge in [0.2, 0.25) is 0 Å². The molecule has 2 aromatic rings. The predicted molar refractivity (Wildman–Crippen MR) is 83.4 cm³/mol. The summed E-state index contributed by atoms with van der Waals surface area (Å²) in [6.07, 6.45) is -0.762. The van der Waals surface area contributed by atoms with Crippen LogP contribution in [-0.4, -0.2) is 18.0 Å². The summed E-state index contributed by atoms with van der Waals surface area (Å²) in [5, 5.41) is 15.2. The number of carbonyl (C=O) groups excluding carboxylic acids is 2. The van der Waals surface area contributed by atoms with Gasteiger partial charge in [-0.2, -0.15) is 16.6 Å². The van der Waals surface area contributed by atoms with Gasteiger partial charge in [0.25, 0.3) is 5.91 Å². The lowest BCUT2D eigenvalue weighted by Crippen LogP contribution is -2.30. The summed E-state index contributed by atoms with van der Waals surface area (Å²) in [5.74, 6) is -0.888. The van der Waals surface area contributed by atoms with Crippen LogP contribution in [0.2, 0.25) is 0 Å². The minimum atomic E-state index is -0.906. The normalized spacial score (nSPS) is 11.3. The molecule has 0 aliphatic rings. The summed E-state index contributed by atoms with van der Waals surface area (Å²) >= 11 is 1.50. The van der Waals surface area contributed by atoms with E-state index < -0.39 is 18.0 Å². The molecule has 2 rings (SSSR count). The summed E-state index contributed by atoms with van der Waals surface area (Å²) in [5.41, 5.74) is 1.80. The Balaban J connectivity index is 1.89. The monoisotopic (exact) mass is 314 g/mol. The first-order valence-electron chi connectivity index (χ1n) is 6.60. The molecule has 1 atom stereocenters. The second kappa shape index (κ2) is 7.38. The summed E-state index contributed by atoms with van der Waals surface area (Å²) in [6, 6.07) is 10.4. The van der Waals surface area contributed by atoms with Crippen molar-refractivity contribution in [2.75, 3.05) is 5.32 Å². The van der Waals surface area contributed by atoms with E-state index in [1.165, 1.54) is 18.3 Å². The average Bonchev–Trinajstić information content (AvgIpc) is 3.00. The third-order valence-corrected chi connectivity index (χ3v) is 3.60. The van der Waals surface area contributed by atoms with Crippen molar-refractivity contribution in [1.29, 1.82) is 5.26 Å². The number of nitrogens with zero attached hydrogens (tertiary/aromatic N) is 1. The molecule has 1 aromatic carbocycles. The van der Waals surface area contributed by atoms with Crippen LogP contribution in [0.3, 0.4) is 0 Å². The summed E-state index contributed by atoms with van der Waals surface area (Å²) < 4.78 is 5.10. The molecule has 1 aromatic heterocycles. The minimum Gasteiger partial charge on any atom is -0.452 e. The van der Waals surface area contributed by atoms with Crippen molar-refractivity contribution in [3.8, 4) is 6.07 Å². The molecule has 0 aliphatic heterocycles. The predicted octanol–water partition coefficient (Wildman–Crippen LogP) is 2.73. The molecular weight excluding hydrogens is 300 g/mol. The molecular formula is C16H14N2O3S. The van der Waals surface area contributed by atoms with Crippen molar-refractivity contribution in [2.45, 2.75) is 19.4 Å². The molecule has 1 N–H and O–H groups in total. The number of carbonyl (C=O) groups is 2. The smallest absolute Gasteiger partial charge is 0.311 e. The Hall–Kier alpha value is -2.65. The number of anilines is 1. The number of rotatable bonds is 5. The van der Waals surface area contributed by atoms with Gasteiger partial charge in [-0.3, -0.25) is 9.59 Å². The molecule has 1 heterocycles. The molecule has 0 saturated heterocycles. The van der Waals surface area contributed by atoms with Gasteiger partial charge in [0, 0.05) is 5.69 Å². The molecule has 22 heavy (non-hydrogen) atoms. The Labute approximate surface area is 132 Å². The van der Waals surface area contributed by atoms with Crippen LogP contribution in [-0.2, 0) is 20.7 Å². The number of hydrogen-bond donors (Lipinski definition) is 1. The van der Waals surface area contributed by atoms with Crippen LogP contribution < -0.4 is 5.32 Å². The first-order chi connectivity index (χ1) is 10.6. The van der Waals surface area contributed by atoms with E-state index in [-0.39, 0.29) is 6.42 Å². The molecule has 0 radical (unpaired) electrons. The van der Waals surface area contributed by atoms with Crippen LogP contribution in [0.25, 0.3) is 0 Å². The van der Waals surface area contributed by atoms with Crippen molar-refractivity contribution >= 4 is 28.9 Å². The topological polar surface area (TPSA) is 79.2 Å². The fraction of sp³-hybridized carbons (Fsp3) is 0.188. The SMILES string of the molecule is C[C@@H](OC(=O)Cc1ccsc1)C(=O)Nc1cccc(C#N)c1. The number of nitriles is 1. The summed E-state index contributed by atoms with van der Waals surface area (Å²) in [6.45, 7) is 1.51. The molecule has 0 saturated carbocycles. The van der Waals surface area contributed by atoms with Crippen molar-refractivity contribution in [2.24, 2.45) is 0 Å². The lowest BCUT2D eigenvalue weighted by molar-refractivity contribution is -0.152. The molecule has 1 amide bonds. The maximum absolute atomic E-state index is 12.0. The van der Waals surface area contributed by atoms with E-state index in [1.54, 1.807) is 24.3 Å². The maximum atomic E-state index is 12.0. The quantitative estimate of drug-likeness (QED) is 0.861. The van der Waals surface area contributed by atoms with Gasteiger partial charge in [-0.1, -0.05) is 6.07 Å². The van der Waals surface area contributed by atoms with Gasteiger partial charge in [-0.15, -0.1) is 0 Å². The second-order valence-electron chi connectivity index (χ2n) is 4.62. The van der Waals surface area contributed by atoms with E-state index in [0.29, 0.717) is 11.3 Å². The molecule has 0 unspecified atom stereocenters. The maximum Gasteiger partial charge on any atom is 0.311 e. The number of esters is 1. The fourth-order valence-electron chi connectivity index (χ4n) is 1.76. The Morgan fingerprint density at radius 1 is 1.41 bits per heavy atom. The lowest BCUT2D eigenvalue weighted by Gasteiger charge is -2.13. The third-order valence-electron chi connectivity index (χ3n) is 2.87. The summed E-state index contributed by atoms with van der Waals surface area (Å²) in [4.78, 5) is 23.7. The molecule has 0 fully saturated rings. The first-order valence-corrected chi connectivity index (χ1v) is 7.54. The van der Waals surface area contributed by atoms with E-state index in [0.717, 1.165) is 5.56 Å². The third kappa shape index (κ3) is 4.43.